The summed E-state index contributed by atoms with van der Waals surface area (Å²) in [6, 6.07) is 0.0283. The van der Waals surface area contributed by atoms with Crippen LogP contribution in [-0.2, 0) is 0 Å². The Morgan fingerprint density at radius 2 is 2.03 bits per heavy atom. The average Bonchev–Trinajstić information content (AvgIpc) is 3.64. The van der Waals surface area contributed by atoms with Crippen LogP contribution in [0.3, 0.4) is 0 Å². The van der Waals surface area contributed by atoms with Gasteiger partial charge < -0.3 is 25.6 Å². The van der Waals surface area contributed by atoms with E-state index in [-0.39, 0.29) is 29.9 Å². The number of pyridine rings is 1. The Kier molecular flexibility index (Phi) is 5.83. The number of carboxylic acids is 1. The highest BCUT2D eigenvalue weighted by atomic mass is 35.5. The maximum Gasteiger partial charge on any atom is 0.341 e. The number of fused-ring (bicyclic) bond motifs is 1. The quantitative estimate of drug-likeness (QED) is 0.563. The molecule has 174 valence electrons. The molecule has 1 aromatic carbocycles. The average molecular weight is 469 g/mol. The fraction of sp³-hybridized carbons (Fsp3) is 0.545. The molecule has 5 rings (SSSR count). The maximum absolute atomic E-state index is 15.5. The molecule has 0 radical (unpaired) electrons. The number of nitrogens with one attached hydrogen (secondary N) is 1. The van der Waals surface area contributed by atoms with E-state index in [1.165, 1.54) is 23.6 Å². The van der Waals surface area contributed by atoms with Crippen LogP contribution in [-0.4, -0.2) is 47.5 Å². The largest absolute Gasteiger partial charge is 0.477 e. The maximum atomic E-state index is 15.5. The molecule has 3 atom stereocenters. The molecule has 1 aliphatic heterocycles. The second-order valence-corrected chi connectivity index (χ2v) is 9.11. The molecule has 0 unspecified atom stereocenters. The highest BCUT2D eigenvalue weighted by Gasteiger charge is 2.41. The van der Waals surface area contributed by atoms with E-state index in [0.29, 0.717) is 41.8 Å². The molecule has 4 N–H and O–H groups in total. The number of benzene rings is 1. The minimum atomic E-state index is -1.44. The number of rotatable bonds is 6. The van der Waals surface area contributed by atoms with Gasteiger partial charge in [0.25, 0.3) is 0 Å². The van der Waals surface area contributed by atoms with Crippen LogP contribution in [0.4, 0.5) is 20.2 Å². The summed E-state index contributed by atoms with van der Waals surface area (Å²) in [7, 11) is 0. The number of aryl methyl sites for hydroxylation is 1. The van der Waals surface area contributed by atoms with Gasteiger partial charge in [-0.2, -0.15) is 0 Å². The molecule has 3 fully saturated rings. The first-order valence-electron chi connectivity index (χ1n) is 10.8. The van der Waals surface area contributed by atoms with E-state index in [0.717, 1.165) is 13.0 Å². The van der Waals surface area contributed by atoms with E-state index in [1.807, 2.05) is 4.90 Å². The van der Waals surface area contributed by atoms with Crippen molar-refractivity contribution in [2.45, 2.75) is 50.9 Å². The zero-order valence-corrected chi connectivity index (χ0v) is 18.6. The Morgan fingerprint density at radius 1 is 1.34 bits per heavy atom. The lowest BCUT2D eigenvalue weighted by molar-refractivity contribution is 0.0694. The number of carboxylic acid groups (broad SMARTS) is 1. The molecule has 2 saturated carbocycles. The van der Waals surface area contributed by atoms with Crippen molar-refractivity contribution < 1.29 is 18.7 Å². The molecular weight excluding hydrogens is 442 g/mol. The van der Waals surface area contributed by atoms with Crippen molar-refractivity contribution in [3.05, 3.63) is 33.4 Å². The first kappa shape index (κ1) is 22.8. The lowest BCUT2D eigenvalue weighted by Gasteiger charge is -2.25. The molecule has 2 heterocycles. The van der Waals surface area contributed by atoms with E-state index in [2.05, 4.69) is 5.32 Å². The van der Waals surface area contributed by atoms with Gasteiger partial charge in [-0.05, 0) is 44.2 Å². The number of aromatic nitrogens is 1. The van der Waals surface area contributed by atoms with Gasteiger partial charge in [-0.3, -0.25) is 4.79 Å². The van der Waals surface area contributed by atoms with Gasteiger partial charge in [0.15, 0.2) is 5.82 Å². The monoisotopic (exact) mass is 468 g/mol. The minimum absolute atomic E-state index is 0. The number of carbonyl (C=O) groups is 1. The molecular formula is C22H27ClF2N4O3. The molecule has 0 amide bonds. The zero-order chi connectivity index (χ0) is 22.0. The molecule has 2 aliphatic carbocycles. The van der Waals surface area contributed by atoms with Crippen LogP contribution in [0.25, 0.3) is 10.9 Å². The van der Waals surface area contributed by atoms with Crippen molar-refractivity contribution in [1.82, 2.24) is 9.88 Å². The number of aromatic carboxylic acids is 1. The van der Waals surface area contributed by atoms with Gasteiger partial charge in [-0.15, -0.1) is 12.4 Å². The van der Waals surface area contributed by atoms with Crippen LogP contribution in [0.15, 0.2) is 11.0 Å². The lowest BCUT2D eigenvalue weighted by Crippen LogP contribution is -2.29. The number of alkyl halides is 1. The first-order chi connectivity index (χ1) is 14.8. The lowest BCUT2D eigenvalue weighted by atomic mass is 10.0. The molecule has 3 aliphatic rings. The predicted octanol–water partition coefficient (Wildman–Crippen LogP) is 3.01. The van der Waals surface area contributed by atoms with Gasteiger partial charge in [-0.1, -0.05) is 0 Å². The van der Waals surface area contributed by atoms with Crippen molar-refractivity contribution in [2.24, 2.45) is 5.92 Å². The molecule has 2 aromatic rings. The number of hydrogen-bond acceptors (Lipinski definition) is 5. The van der Waals surface area contributed by atoms with E-state index >= 15 is 4.39 Å². The van der Waals surface area contributed by atoms with Crippen molar-refractivity contribution in [2.75, 3.05) is 30.3 Å². The molecule has 1 saturated heterocycles. The van der Waals surface area contributed by atoms with Gasteiger partial charge in [0, 0.05) is 31.7 Å². The third kappa shape index (κ3) is 3.71. The summed E-state index contributed by atoms with van der Waals surface area (Å²) in [5, 5.41) is 12.8. The SMILES string of the molecule is Cc1c(N2CC[C@H](CNC3CC3)C2)c(F)c(N)c2c(=O)c(C(=O)O)cn([C@@H]3C[C@@H]3F)c12.Cl. The normalized spacial score (nSPS) is 24.6. The summed E-state index contributed by atoms with van der Waals surface area (Å²) in [5.41, 5.74) is 5.48. The standard InChI is InChI=1S/C22H26F2N4O3.ClH/c1-10-19-16(21(29)13(22(30)31)9-28(19)15-6-14(15)23)18(25)17(24)20(10)27-5-4-11(8-27)7-26-12-2-3-12;/h9,11-12,14-15,26H,2-8,25H2,1H3,(H,30,31);1H/t11-,14+,15-;/m1./s1. The Morgan fingerprint density at radius 3 is 2.62 bits per heavy atom. The van der Waals surface area contributed by atoms with Crippen LogP contribution in [0.5, 0.6) is 0 Å². The van der Waals surface area contributed by atoms with Crippen LogP contribution >= 0.6 is 12.4 Å². The first-order valence-corrected chi connectivity index (χ1v) is 10.8. The summed E-state index contributed by atoms with van der Waals surface area (Å²) in [5.74, 6) is -1.77. The second-order valence-electron chi connectivity index (χ2n) is 9.11. The molecule has 1 aromatic heterocycles. The minimum Gasteiger partial charge on any atom is -0.477 e. The Bertz CT molecular complexity index is 1150. The number of nitrogen functional groups attached to an aromatic ring is 1. The highest BCUT2D eigenvalue weighted by molar-refractivity contribution is 6.01. The van der Waals surface area contributed by atoms with Gasteiger partial charge >= 0.3 is 5.97 Å². The molecule has 10 heteroatoms. The van der Waals surface area contributed by atoms with Crippen molar-refractivity contribution >= 4 is 40.7 Å². The van der Waals surface area contributed by atoms with Crippen LogP contribution < -0.4 is 21.4 Å². The van der Waals surface area contributed by atoms with Gasteiger partial charge in [0.2, 0.25) is 5.43 Å². The number of nitrogens with two attached hydrogens (primary N) is 1. The van der Waals surface area contributed by atoms with Gasteiger partial charge in [0.1, 0.15) is 11.7 Å². The van der Waals surface area contributed by atoms with E-state index < -0.39 is 35.0 Å². The zero-order valence-electron chi connectivity index (χ0n) is 17.7. The molecule has 0 spiro atoms. The third-order valence-corrected chi connectivity index (χ3v) is 6.80. The summed E-state index contributed by atoms with van der Waals surface area (Å²) in [4.78, 5) is 26.4. The fourth-order valence-corrected chi connectivity index (χ4v) is 4.83. The van der Waals surface area contributed by atoms with Gasteiger partial charge in [-0.25, -0.2) is 13.6 Å². The van der Waals surface area contributed by atoms with Crippen LogP contribution in [0, 0.1) is 18.7 Å². The topological polar surface area (TPSA) is 101 Å². The van der Waals surface area contributed by atoms with Crippen molar-refractivity contribution in [3.8, 4) is 0 Å². The van der Waals surface area contributed by atoms with Crippen molar-refractivity contribution in [3.63, 3.8) is 0 Å². The second kappa shape index (κ2) is 8.19. The number of hydrogen-bond donors (Lipinski definition) is 3. The number of anilines is 2. The summed E-state index contributed by atoms with van der Waals surface area (Å²) in [6.07, 6.45) is 3.59. The summed E-state index contributed by atoms with van der Waals surface area (Å²) in [6.45, 7) is 3.90. The smallest absolute Gasteiger partial charge is 0.341 e. The molecule has 0 bridgehead atoms. The van der Waals surface area contributed by atoms with Crippen LogP contribution in [0.2, 0.25) is 0 Å². The summed E-state index contributed by atoms with van der Waals surface area (Å²) >= 11 is 0. The van der Waals surface area contributed by atoms with Gasteiger partial charge in [0.05, 0.1) is 28.3 Å². The van der Waals surface area contributed by atoms with E-state index in [1.54, 1.807) is 6.92 Å². The Hall–Kier alpha value is -2.39. The number of nitrogens with zero attached hydrogens (tertiary/aromatic N) is 2. The van der Waals surface area contributed by atoms with Crippen LogP contribution in [0.1, 0.15) is 47.6 Å². The highest BCUT2D eigenvalue weighted by Crippen LogP contribution is 2.44. The van der Waals surface area contributed by atoms with Crippen molar-refractivity contribution in [1.29, 1.82) is 0 Å². The fourth-order valence-electron chi connectivity index (χ4n) is 4.83. The van der Waals surface area contributed by atoms with E-state index in [4.69, 9.17) is 5.73 Å². The molecule has 32 heavy (non-hydrogen) atoms. The third-order valence-electron chi connectivity index (χ3n) is 6.80. The number of halogens is 3. The Balaban J connectivity index is 0.00000245. The molecule has 7 nitrogen and oxygen atoms in total. The predicted molar refractivity (Wildman–Crippen MR) is 121 cm³/mol. The summed E-state index contributed by atoms with van der Waals surface area (Å²) < 4.78 is 30.9. The Labute approximate surface area is 190 Å². The van der Waals surface area contributed by atoms with E-state index in [9.17, 15) is 19.1 Å².